The van der Waals surface area contributed by atoms with Crippen molar-refractivity contribution in [3.63, 3.8) is 0 Å². The molecule has 0 aliphatic heterocycles. The van der Waals surface area contributed by atoms with Gasteiger partial charge < -0.3 is 9.26 Å². The van der Waals surface area contributed by atoms with Crippen molar-refractivity contribution in [1.82, 2.24) is 10.1 Å². The highest BCUT2D eigenvalue weighted by Gasteiger charge is 2.13. The van der Waals surface area contributed by atoms with E-state index in [2.05, 4.69) is 10.1 Å². The van der Waals surface area contributed by atoms with E-state index >= 15 is 0 Å². The van der Waals surface area contributed by atoms with E-state index in [1.54, 1.807) is 6.07 Å². The van der Waals surface area contributed by atoms with E-state index in [1.165, 1.54) is 0 Å². The van der Waals surface area contributed by atoms with Gasteiger partial charge in [-0.15, -0.1) is 0 Å². The number of pyridine rings is 1. The second kappa shape index (κ2) is 5.13. The third-order valence-electron chi connectivity index (χ3n) is 3.10. The zero-order chi connectivity index (χ0) is 14.1. The molecule has 0 N–H and O–H groups in total. The molecular formula is C15H13ClN2O2. The maximum atomic E-state index is 6.16. The van der Waals surface area contributed by atoms with Crippen LogP contribution in [0, 0.1) is 6.92 Å². The normalized spacial score (nSPS) is 12.6. The van der Waals surface area contributed by atoms with Crippen LogP contribution in [-0.4, -0.2) is 10.1 Å². The van der Waals surface area contributed by atoms with Gasteiger partial charge in [-0.1, -0.05) is 35.0 Å². The van der Waals surface area contributed by atoms with Crippen LogP contribution < -0.4 is 4.74 Å². The first-order chi connectivity index (χ1) is 9.65. The van der Waals surface area contributed by atoms with Crippen LogP contribution >= 0.6 is 11.6 Å². The van der Waals surface area contributed by atoms with E-state index in [0.717, 1.165) is 11.1 Å². The summed E-state index contributed by atoms with van der Waals surface area (Å²) in [6.07, 6.45) is -0.186. The van der Waals surface area contributed by atoms with Gasteiger partial charge in [0.05, 0.1) is 0 Å². The quantitative estimate of drug-likeness (QED) is 0.720. The minimum Gasteiger partial charge on any atom is -0.470 e. The molecule has 0 spiro atoms. The number of aryl methyl sites for hydroxylation is 1. The molecule has 20 heavy (non-hydrogen) atoms. The number of benzene rings is 1. The molecule has 1 aromatic carbocycles. The van der Waals surface area contributed by atoms with Crippen LogP contribution in [0.25, 0.3) is 11.0 Å². The van der Waals surface area contributed by atoms with Crippen LogP contribution in [-0.2, 0) is 0 Å². The molecule has 5 heteroatoms. The Morgan fingerprint density at radius 2 is 2.00 bits per heavy atom. The molecule has 0 fully saturated rings. The minimum absolute atomic E-state index is 0.186. The van der Waals surface area contributed by atoms with Gasteiger partial charge in [0.25, 0.3) is 0 Å². The third kappa shape index (κ3) is 2.34. The fraction of sp³-hybridized carbons (Fsp3) is 0.200. The summed E-state index contributed by atoms with van der Waals surface area (Å²) < 4.78 is 10.9. The lowest BCUT2D eigenvalue weighted by molar-refractivity contribution is 0.218. The zero-order valence-corrected chi connectivity index (χ0v) is 11.9. The van der Waals surface area contributed by atoms with E-state index in [1.807, 2.05) is 44.2 Å². The highest BCUT2D eigenvalue weighted by atomic mass is 35.5. The molecule has 3 rings (SSSR count). The SMILES string of the molecule is Cc1onc2ccc(O[C@H](C)c3ccccc3Cl)nc12. The highest BCUT2D eigenvalue weighted by molar-refractivity contribution is 6.31. The maximum absolute atomic E-state index is 6.16. The number of fused-ring (bicyclic) bond motifs is 1. The highest BCUT2D eigenvalue weighted by Crippen LogP contribution is 2.27. The van der Waals surface area contributed by atoms with E-state index in [9.17, 15) is 0 Å². The molecule has 0 aliphatic rings. The Balaban J connectivity index is 1.89. The van der Waals surface area contributed by atoms with Crippen molar-refractivity contribution in [1.29, 1.82) is 0 Å². The van der Waals surface area contributed by atoms with Gasteiger partial charge in [-0.25, -0.2) is 4.98 Å². The lowest BCUT2D eigenvalue weighted by Crippen LogP contribution is -2.04. The summed E-state index contributed by atoms with van der Waals surface area (Å²) in [6.45, 7) is 3.76. The molecule has 1 atom stereocenters. The minimum atomic E-state index is -0.186. The number of rotatable bonds is 3. The first-order valence-electron chi connectivity index (χ1n) is 6.29. The third-order valence-corrected chi connectivity index (χ3v) is 3.45. The number of hydrogen-bond donors (Lipinski definition) is 0. The summed E-state index contributed by atoms with van der Waals surface area (Å²) >= 11 is 6.16. The maximum Gasteiger partial charge on any atom is 0.214 e. The number of aromatic nitrogens is 2. The van der Waals surface area contributed by atoms with Crippen molar-refractivity contribution in [2.45, 2.75) is 20.0 Å². The number of halogens is 1. The van der Waals surface area contributed by atoms with Crippen molar-refractivity contribution in [3.8, 4) is 5.88 Å². The Hall–Kier alpha value is -2.07. The first kappa shape index (κ1) is 12.9. The summed E-state index contributed by atoms with van der Waals surface area (Å²) in [6, 6.07) is 11.2. The molecule has 0 radical (unpaired) electrons. The topological polar surface area (TPSA) is 48.2 Å². The molecule has 0 amide bonds. The molecule has 3 aromatic rings. The van der Waals surface area contributed by atoms with Crippen LogP contribution in [0.2, 0.25) is 5.02 Å². The van der Waals surface area contributed by atoms with Crippen molar-refractivity contribution in [2.24, 2.45) is 0 Å². The summed E-state index contributed by atoms with van der Waals surface area (Å²) in [4.78, 5) is 4.41. The molecule has 0 saturated carbocycles. The summed E-state index contributed by atoms with van der Waals surface area (Å²) in [5.74, 6) is 1.20. The molecule has 0 aliphatic carbocycles. The number of hydrogen-bond acceptors (Lipinski definition) is 4. The molecule has 102 valence electrons. The molecule has 0 bridgehead atoms. The Morgan fingerprint density at radius 1 is 1.20 bits per heavy atom. The average molecular weight is 289 g/mol. The van der Waals surface area contributed by atoms with Crippen LogP contribution in [0.15, 0.2) is 40.9 Å². The Morgan fingerprint density at radius 3 is 2.80 bits per heavy atom. The van der Waals surface area contributed by atoms with Gasteiger partial charge in [0.15, 0.2) is 5.76 Å². The standard InChI is InChI=1S/C15H13ClN2O2/c1-9(11-5-3-4-6-12(11)16)19-14-8-7-13-15(17-14)10(2)20-18-13/h3-9H,1-2H3/t9-/m1/s1. The lowest BCUT2D eigenvalue weighted by Gasteiger charge is -2.15. The van der Waals surface area contributed by atoms with Gasteiger partial charge in [0.2, 0.25) is 5.88 Å². The molecule has 2 heterocycles. The average Bonchev–Trinajstić information content (AvgIpc) is 2.81. The molecule has 2 aromatic heterocycles. The van der Waals surface area contributed by atoms with Gasteiger partial charge in [-0.3, -0.25) is 0 Å². The van der Waals surface area contributed by atoms with E-state index in [0.29, 0.717) is 22.2 Å². The van der Waals surface area contributed by atoms with Gasteiger partial charge in [0.1, 0.15) is 17.1 Å². The first-order valence-corrected chi connectivity index (χ1v) is 6.67. The van der Waals surface area contributed by atoms with Crippen LogP contribution in [0.3, 0.4) is 0 Å². The van der Waals surface area contributed by atoms with E-state index in [-0.39, 0.29) is 6.10 Å². The van der Waals surface area contributed by atoms with Gasteiger partial charge in [0, 0.05) is 16.7 Å². The van der Waals surface area contributed by atoms with E-state index in [4.69, 9.17) is 20.9 Å². The zero-order valence-electron chi connectivity index (χ0n) is 11.1. The summed E-state index contributed by atoms with van der Waals surface area (Å²) in [5, 5.41) is 4.58. The number of nitrogens with zero attached hydrogens (tertiary/aromatic N) is 2. The predicted molar refractivity (Wildman–Crippen MR) is 77.0 cm³/mol. The predicted octanol–water partition coefficient (Wildman–Crippen LogP) is 4.32. The van der Waals surface area contributed by atoms with Crippen molar-refractivity contribution >= 4 is 22.6 Å². The lowest BCUT2D eigenvalue weighted by atomic mass is 10.1. The van der Waals surface area contributed by atoms with Gasteiger partial charge >= 0.3 is 0 Å². The van der Waals surface area contributed by atoms with Crippen molar-refractivity contribution < 1.29 is 9.26 Å². The number of ether oxygens (including phenoxy) is 1. The van der Waals surface area contributed by atoms with Gasteiger partial charge in [-0.05, 0) is 26.0 Å². The summed E-state index contributed by atoms with van der Waals surface area (Å²) in [5.41, 5.74) is 2.37. The van der Waals surface area contributed by atoms with Crippen molar-refractivity contribution in [2.75, 3.05) is 0 Å². The molecule has 0 unspecified atom stereocenters. The second-order valence-corrected chi connectivity index (χ2v) is 4.94. The smallest absolute Gasteiger partial charge is 0.214 e. The monoisotopic (exact) mass is 288 g/mol. The molecule has 4 nitrogen and oxygen atoms in total. The van der Waals surface area contributed by atoms with E-state index < -0.39 is 0 Å². The van der Waals surface area contributed by atoms with Crippen LogP contribution in [0.5, 0.6) is 5.88 Å². The van der Waals surface area contributed by atoms with Crippen LogP contribution in [0.4, 0.5) is 0 Å². The Labute approximate surface area is 121 Å². The fourth-order valence-corrected chi connectivity index (χ4v) is 2.33. The second-order valence-electron chi connectivity index (χ2n) is 4.54. The van der Waals surface area contributed by atoms with Crippen LogP contribution in [0.1, 0.15) is 24.4 Å². The largest absolute Gasteiger partial charge is 0.470 e. The molecular weight excluding hydrogens is 276 g/mol. The Kier molecular flexibility index (Phi) is 3.32. The van der Waals surface area contributed by atoms with Crippen molar-refractivity contribution in [3.05, 3.63) is 52.7 Å². The van der Waals surface area contributed by atoms with Gasteiger partial charge in [-0.2, -0.15) is 0 Å². The summed E-state index contributed by atoms with van der Waals surface area (Å²) in [7, 11) is 0. The fourth-order valence-electron chi connectivity index (χ4n) is 2.04. The Bertz CT molecular complexity index is 754. The molecule has 0 saturated heterocycles.